The number of hydrogen-bond acceptors (Lipinski definition) is 3. The van der Waals surface area contributed by atoms with Crippen LogP contribution in [0.5, 0.6) is 0 Å². The van der Waals surface area contributed by atoms with Gasteiger partial charge in [-0.2, -0.15) is 5.10 Å². The Hall–Kier alpha value is -1.26. The Kier molecular flexibility index (Phi) is 2.54. The maximum Gasteiger partial charge on any atom is 0.125 e. The SMILES string of the molecule is Cc1cc(C(O)c2c(Cl)cnn2C)co1. The molecule has 0 saturated carbocycles. The normalized spacial score (nSPS) is 13.1. The van der Waals surface area contributed by atoms with E-state index < -0.39 is 6.10 Å². The zero-order valence-corrected chi connectivity index (χ0v) is 9.19. The summed E-state index contributed by atoms with van der Waals surface area (Å²) in [5, 5.41) is 14.5. The van der Waals surface area contributed by atoms with Crippen molar-refractivity contribution < 1.29 is 9.52 Å². The molecule has 0 aliphatic heterocycles. The van der Waals surface area contributed by atoms with Crippen molar-refractivity contribution in [1.82, 2.24) is 9.78 Å². The third kappa shape index (κ3) is 1.78. The Balaban J connectivity index is 2.40. The third-order valence-electron chi connectivity index (χ3n) is 2.26. The van der Waals surface area contributed by atoms with Crippen LogP contribution in [0.2, 0.25) is 5.02 Å². The molecule has 1 atom stereocenters. The zero-order chi connectivity index (χ0) is 11.0. The molecule has 0 saturated heterocycles. The first-order chi connectivity index (χ1) is 7.09. The fraction of sp³-hybridized carbons (Fsp3) is 0.300. The first-order valence-electron chi connectivity index (χ1n) is 4.50. The number of rotatable bonds is 2. The molecule has 0 aromatic carbocycles. The van der Waals surface area contributed by atoms with Crippen LogP contribution in [-0.2, 0) is 7.05 Å². The van der Waals surface area contributed by atoms with Gasteiger partial charge in [0.2, 0.25) is 0 Å². The average molecular weight is 227 g/mol. The number of aliphatic hydroxyl groups is 1. The number of furan rings is 1. The highest BCUT2D eigenvalue weighted by molar-refractivity contribution is 6.31. The van der Waals surface area contributed by atoms with E-state index in [1.54, 1.807) is 17.8 Å². The monoisotopic (exact) mass is 226 g/mol. The van der Waals surface area contributed by atoms with Gasteiger partial charge < -0.3 is 9.52 Å². The lowest BCUT2D eigenvalue weighted by Crippen LogP contribution is -2.06. The third-order valence-corrected chi connectivity index (χ3v) is 2.55. The van der Waals surface area contributed by atoms with Crippen molar-refractivity contribution in [3.63, 3.8) is 0 Å². The van der Waals surface area contributed by atoms with Gasteiger partial charge in [0.05, 0.1) is 23.2 Å². The Labute approximate surface area is 92.1 Å². The summed E-state index contributed by atoms with van der Waals surface area (Å²) in [5.74, 6) is 0.752. The van der Waals surface area contributed by atoms with Gasteiger partial charge in [-0.05, 0) is 13.0 Å². The van der Waals surface area contributed by atoms with Crippen molar-refractivity contribution in [1.29, 1.82) is 0 Å². The topological polar surface area (TPSA) is 51.2 Å². The van der Waals surface area contributed by atoms with Crippen molar-refractivity contribution in [3.8, 4) is 0 Å². The molecule has 2 rings (SSSR count). The lowest BCUT2D eigenvalue weighted by Gasteiger charge is -2.09. The van der Waals surface area contributed by atoms with E-state index in [1.807, 2.05) is 6.92 Å². The molecule has 80 valence electrons. The van der Waals surface area contributed by atoms with Gasteiger partial charge in [-0.25, -0.2) is 0 Å². The molecule has 1 unspecified atom stereocenters. The lowest BCUT2D eigenvalue weighted by molar-refractivity contribution is 0.209. The first kappa shape index (κ1) is 10.3. The summed E-state index contributed by atoms with van der Waals surface area (Å²) in [7, 11) is 1.73. The molecule has 1 N–H and O–H groups in total. The van der Waals surface area contributed by atoms with Gasteiger partial charge in [-0.15, -0.1) is 0 Å². The Morgan fingerprint density at radius 1 is 1.60 bits per heavy atom. The molecule has 2 aromatic heterocycles. The van der Waals surface area contributed by atoms with Crippen molar-refractivity contribution in [2.75, 3.05) is 0 Å². The van der Waals surface area contributed by atoms with Crippen molar-refractivity contribution in [2.24, 2.45) is 7.05 Å². The van der Waals surface area contributed by atoms with E-state index in [1.165, 1.54) is 12.5 Å². The number of aliphatic hydroxyl groups excluding tert-OH is 1. The number of nitrogens with zero attached hydrogens (tertiary/aromatic N) is 2. The second kappa shape index (κ2) is 3.72. The largest absolute Gasteiger partial charge is 0.469 e. The van der Waals surface area contributed by atoms with E-state index in [9.17, 15) is 5.11 Å². The van der Waals surface area contributed by atoms with E-state index in [2.05, 4.69) is 5.10 Å². The summed E-state index contributed by atoms with van der Waals surface area (Å²) in [6, 6.07) is 1.77. The van der Waals surface area contributed by atoms with Crippen LogP contribution in [0.15, 0.2) is 22.9 Å². The second-order valence-electron chi connectivity index (χ2n) is 3.39. The molecule has 0 bridgehead atoms. The summed E-state index contributed by atoms with van der Waals surface area (Å²) in [4.78, 5) is 0. The number of hydrogen-bond donors (Lipinski definition) is 1. The highest BCUT2D eigenvalue weighted by Crippen LogP contribution is 2.28. The summed E-state index contributed by atoms with van der Waals surface area (Å²) in [5.41, 5.74) is 1.25. The summed E-state index contributed by atoms with van der Waals surface area (Å²) < 4.78 is 6.68. The van der Waals surface area contributed by atoms with Crippen LogP contribution in [0.1, 0.15) is 23.1 Å². The zero-order valence-electron chi connectivity index (χ0n) is 8.44. The average Bonchev–Trinajstić information content (AvgIpc) is 2.73. The van der Waals surface area contributed by atoms with Crippen LogP contribution in [0.4, 0.5) is 0 Å². The van der Waals surface area contributed by atoms with Crippen molar-refractivity contribution in [2.45, 2.75) is 13.0 Å². The van der Waals surface area contributed by atoms with Gasteiger partial charge in [0, 0.05) is 12.6 Å². The van der Waals surface area contributed by atoms with Crippen molar-refractivity contribution in [3.05, 3.63) is 40.6 Å². The molecule has 0 aliphatic carbocycles. The molecule has 2 heterocycles. The van der Waals surface area contributed by atoms with Gasteiger partial charge in [0.15, 0.2) is 0 Å². The molecule has 0 amide bonds. The fourth-order valence-corrected chi connectivity index (χ4v) is 1.76. The van der Waals surface area contributed by atoms with Crippen LogP contribution in [0.3, 0.4) is 0 Å². The van der Waals surface area contributed by atoms with E-state index >= 15 is 0 Å². The highest BCUT2D eigenvalue weighted by Gasteiger charge is 2.19. The van der Waals surface area contributed by atoms with Crippen LogP contribution in [0, 0.1) is 6.92 Å². The minimum Gasteiger partial charge on any atom is -0.469 e. The van der Waals surface area contributed by atoms with Gasteiger partial charge in [0.25, 0.3) is 0 Å². The second-order valence-corrected chi connectivity index (χ2v) is 3.80. The van der Waals surface area contributed by atoms with E-state index in [0.717, 1.165) is 5.76 Å². The summed E-state index contributed by atoms with van der Waals surface area (Å²) in [6.07, 6.45) is 2.22. The van der Waals surface area contributed by atoms with Crippen LogP contribution in [0.25, 0.3) is 0 Å². The minimum atomic E-state index is -0.803. The number of aryl methyl sites for hydroxylation is 2. The molecular weight excluding hydrogens is 216 g/mol. The first-order valence-corrected chi connectivity index (χ1v) is 4.88. The molecule has 0 radical (unpaired) electrons. The molecule has 5 heteroatoms. The molecule has 2 aromatic rings. The minimum absolute atomic E-state index is 0.448. The fourth-order valence-electron chi connectivity index (χ4n) is 1.49. The maximum absolute atomic E-state index is 10.1. The lowest BCUT2D eigenvalue weighted by atomic mass is 10.1. The summed E-state index contributed by atoms with van der Waals surface area (Å²) >= 11 is 5.92. The quantitative estimate of drug-likeness (QED) is 0.853. The Morgan fingerprint density at radius 3 is 2.80 bits per heavy atom. The molecule has 0 fully saturated rings. The molecule has 15 heavy (non-hydrogen) atoms. The number of halogens is 1. The van der Waals surface area contributed by atoms with Crippen LogP contribution in [-0.4, -0.2) is 14.9 Å². The molecule has 0 spiro atoms. The molecule has 4 nitrogen and oxygen atoms in total. The predicted molar refractivity (Wildman–Crippen MR) is 55.7 cm³/mol. The number of aromatic nitrogens is 2. The standard InChI is InChI=1S/C10H11ClN2O2/c1-6-3-7(5-15-6)10(14)9-8(11)4-12-13(9)2/h3-5,10,14H,1-2H3. The summed E-state index contributed by atoms with van der Waals surface area (Å²) in [6.45, 7) is 1.82. The smallest absolute Gasteiger partial charge is 0.125 e. The van der Waals surface area contributed by atoms with E-state index in [-0.39, 0.29) is 0 Å². The molecule has 0 aliphatic rings. The van der Waals surface area contributed by atoms with Crippen LogP contribution >= 0.6 is 11.6 Å². The maximum atomic E-state index is 10.1. The van der Waals surface area contributed by atoms with E-state index in [4.69, 9.17) is 16.0 Å². The van der Waals surface area contributed by atoms with Gasteiger partial charge in [-0.3, -0.25) is 4.68 Å². The Morgan fingerprint density at radius 2 is 2.33 bits per heavy atom. The van der Waals surface area contributed by atoms with Gasteiger partial charge in [-0.1, -0.05) is 11.6 Å². The predicted octanol–water partition coefficient (Wildman–Crippen LogP) is 2.06. The van der Waals surface area contributed by atoms with Crippen molar-refractivity contribution >= 4 is 11.6 Å². The van der Waals surface area contributed by atoms with Gasteiger partial charge >= 0.3 is 0 Å². The highest BCUT2D eigenvalue weighted by atomic mass is 35.5. The van der Waals surface area contributed by atoms with E-state index in [0.29, 0.717) is 16.3 Å². The Bertz CT molecular complexity index is 456. The van der Waals surface area contributed by atoms with Gasteiger partial charge in [0.1, 0.15) is 11.9 Å². The van der Waals surface area contributed by atoms with Crippen LogP contribution < -0.4 is 0 Å². The molecular formula is C10H11ClN2O2.